The van der Waals surface area contributed by atoms with E-state index >= 15 is 0 Å². The van der Waals surface area contributed by atoms with E-state index < -0.39 is 6.04 Å². The predicted molar refractivity (Wildman–Crippen MR) is 116 cm³/mol. The number of hydrogen-bond donors (Lipinski definition) is 1. The van der Waals surface area contributed by atoms with Gasteiger partial charge in [-0.05, 0) is 48.6 Å². The summed E-state index contributed by atoms with van der Waals surface area (Å²) in [5.41, 5.74) is 0.565. The van der Waals surface area contributed by atoms with Crippen molar-refractivity contribution in [3.63, 3.8) is 0 Å². The quantitative estimate of drug-likeness (QED) is 0.592. The second-order valence-electron chi connectivity index (χ2n) is 7.26. The normalized spacial score (nSPS) is 15.0. The number of methoxy groups -OCH3 is 1. The van der Waals surface area contributed by atoms with E-state index in [4.69, 9.17) is 9.15 Å². The minimum Gasteiger partial charge on any atom is -0.497 e. The summed E-state index contributed by atoms with van der Waals surface area (Å²) in [5.74, 6) is 0.208. The smallest absolute Gasteiger partial charge is 0.295 e. The average Bonchev–Trinajstić information content (AvgIpc) is 3.55. The number of carbonyl (C=O) groups excluding carboxylic acids is 2. The Morgan fingerprint density at radius 1 is 1.17 bits per heavy atom. The van der Waals surface area contributed by atoms with Crippen molar-refractivity contribution in [2.75, 3.05) is 12.0 Å². The Morgan fingerprint density at radius 2 is 2.00 bits per heavy atom. The lowest BCUT2D eigenvalue weighted by Crippen LogP contribution is -2.46. The van der Waals surface area contributed by atoms with Gasteiger partial charge in [-0.1, -0.05) is 25.0 Å². The Hall–Kier alpha value is -3.06. The zero-order valence-corrected chi connectivity index (χ0v) is 17.6. The van der Waals surface area contributed by atoms with Gasteiger partial charge in [0.25, 0.3) is 5.91 Å². The van der Waals surface area contributed by atoms with E-state index in [0.29, 0.717) is 11.4 Å². The highest BCUT2D eigenvalue weighted by Gasteiger charge is 2.36. The van der Waals surface area contributed by atoms with E-state index in [9.17, 15) is 9.59 Å². The molecule has 1 fully saturated rings. The molecule has 2 amide bonds. The molecular weight excluding hydrogens is 400 g/mol. The summed E-state index contributed by atoms with van der Waals surface area (Å²) < 4.78 is 10.7. The summed E-state index contributed by atoms with van der Waals surface area (Å²) in [7, 11) is 1.57. The summed E-state index contributed by atoms with van der Waals surface area (Å²) in [6.45, 7) is 0. The van der Waals surface area contributed by atoms with Crippen LogP contribution in [-0.4, -0.2) is 25.0 Å². The topological polar surface area (TPSA) is 71.8 Å². The van der Waals surface area contributed by atoms with Gasteiger partial charge in [0.05, 0.1) is 13.4 Å². The third kappa shape index (κ3) is 4.26. The highest BCUT2D eigenvalue weighted by atomic mass is 32.1. The fourth-order valence-corrected chi connectivity index (χ4v) is 4.65. The van der Waals surface area contributed by atoms with Crippen LogP contribution in [-0.2, 0) is 4.79 Å². The largest absolute Gasteiger partial charge is 0.497 e. The van der Waals surface area contributed by atoms with Gasteiger partial charge in [-0.15, -0.1) is 11.3 Å². The summed E-state index contributed by atoms with van der Waals surface area (Å²) in [6.07, 6.45) is 5.61. The van der Waals surface area contributed by atoms with Crippen molar-refractivity contribution >= 4 is 28.8 Å². The fraction of sp³-hybridized carbons (Fsp3) is 0.304. The first-order chi connectivity index (χ1) is 14.7. The van der Waals surface area contributed by atoms with Gasteiger partial charge in [0.1, 0.15) is 5.75 Å². The number of nitrogens with zero attached hydrogens (tertiary/aromatic N) is 1. The molecule has 4 rings (SSSR count). The van der Waals surface area contributed by atoms with Crippen molar-refractivity contribution in [3.05, 3.63) is 70.8 Å². The lowest BCUT2D eigenvalue weighted by Gasteiger charge is -2.31. The number of ether oxygens (including phenoxy) is 1. The van der Waals surface area contributed by atoms with Crippen molar-refractivity contribution in [2.45, 2.75) is 37.8 Å². The number of thiophene rings is 1. The second kappa shape index (κ2) is 9.17. The minimum atomic E-state index is -0.810. The molecule has 156 valence electrons. The molecule has 0 radical (unpaired) electrons. The molecule has 1 atom stereocenters. The number of anilines is 1. The lowest BCUT2D eigenvalue weighted by atomic mass is 10.1. The molecular formula is C23H24N2O4S. The van der Waals surface area contributed by atoms with E-state index in [2.05, 4.69) is 5.32 Å². The molecule has 1 aliphatic rings. The van der Waals surface area contributed by atoms with Crippen LogP contribution in [0.5, 0.6) is 5.75 Å². The number of carbonyl (C=O) groups is 2. The second-order valence-corrected chi connectivity index (χ2v) is 8.24. The van der Waals surface area contributed by atoms with Gasteiger partial charge in [0, 0.05) is 22.7 Å². The molecule has 7 heteroatoms. The molecule has 3 aromatic rings. The summed E-state index contributed by atoms with van der Waals surface area (Å²) in [5, 5.41) is 5.07. The van der Waals surface area contributed by atoms with Gasteiger partial charge in [-0.25, -0.2) is 0 Å². The molecule has 0 spiro atoms. The first-order valence-electron chi connectivity index (χ1n) is 10.0. The maximum absolute atomic E-state index is 13.5. The van der Waals surface area contributed by atoms with E-state index in [1.165, 1.54) is 22.5 Å². The highest BCUT2D eigenvalue weighted by Crippen LogP contribution is 2.34. The van der Waals surface area contributed by atoms with Crippen LogP contribution in [0.15, 0.2) is 64.6 Å². The van der Waals surface area contributed by atoms with Gasteiger partial charge in [-0.2, -0.15) is 0 Å². The molecule has 1 saturated carbocycles. The number of furan rings is 1. The van der Waals surface area contributed by atoms with Crippen LogP contribution in [0.1, 0.15) is 47.2 Å². The van der Waals surface area contributed by atoms with Gasteiger partial charge in [0.15, 0.2) is 11.8 Å². The Bertz CT molecular complexity index is 979. The number of nitrogens with one attached hydrogen (secondary N) is 1. The molecule has 6 nitrogen and oxygen atoms in total. The molecule has 0 bridgehead atoms. The summed E-state index contributed by atoms with van der Waals surface area (Å²) in [4.78, 5) is 29.3. The van der Waals surface area contributed by atoms with E-state index in [-0.39, 0.29) is 23.6 Å². The third-order valence-electron chi connectivity index (χ3n) is 5.30. The van der Waals surface area contributed by atoms with Crippen molar-refractivity contribution in [1.29, 1.82) is 0 Å². The zero-order chi connectivity index (χ0) is 20.9. The number of rotatable bonds is 7. The number of benzene rings is 1. The van der Waals surface area contributed by atoms with Crippen LogP contribution in [0.25, 0.3) is 0 Å². The standard InChI is InChI=1S/C23H24N2O4S/c1-28-18-10-4-9-17(15-18)25(23(27)19-11-5-13-29-19)21(20-12-6-14-30-20)22(26)24-16-7-2-3-8-16/h4-6,9-16,21H,2-3,7-8H2,1H3,(H,24,26). The molecule has 1 aliphatic carbocycles. The van der Waals surface area contributed by atoms with Crippen LogP contribution in [0, 0.1) is 0 Å². The molecule has 1 unspecified atom stereocenters. The highest BCUT2D eigenvalue weighted by molar-refractivity contribution is 7.10. The molecule has 30 heavy (non-hydrogen) atoms. The van der Waals surface area contributed by atoms with E-state index in [0.717, 1.165) is 30.6 Å². The summed E-state index contributed by atoms with van der Waals surface area (Å²) in [6, 6.07) is 13.5. The molecule has 0 saturated heterocycles. The first kappa shape index (κ1) is 20.2. The van der Waals surface area contributed by atoms with Gasteiger partial charge >= 0.3 is 0 Å². The van der Waals surface area contributed by atoms with Gasteiger partial charge in [-0.3, -0.25) is 14.5 Å². The fourth-order valence-electron chi connectivity index (χ4n) is 3.83. The maximum Gasteiger partial charge on any atom is 0.295 e. The SMILES string of the molecule is COc1cccc(N(C(=O)c2ccco2)C(C(=O)NC2CCCC2)c2cccs2)c1. The van der Waals surface area contributed by atoms with E-state index in [1.807, 2.05) is 17.5 Å². The summed E-state index contributed by atoms with van der Waals surface area (Å²) >= 11 is 1.45. The number of hydrogen-bond acceptors (Lipinski definition) is 5. The van der Waals surface area contributed by atoms with Crippen molar-refractivity contribution in [3.8, 4) is 5.75 Å². The molecule has 0 aliphatic heterocycles. The monoisotopic (exact) mass is 424 g/mol. The Morgan fingerprint density at radius 3 is 2.67 bits per heavy atom. The van der Waals surface area contributed by atoms with E-state index in [1.54, 1.807) is 43.5 Å². The first-order valence-corrected chi connectivity index (χ1v) is 10.9. The lowest BCUT2D eigenvalue weighted by molar-refractivity contribution is -0.123. The van der Waals surface area contributed by atoms with Crippen LogP contribution in [0.2, 0.25) is 0 Å². The van der Waals surface area contributed by atoms with Gasteiger partial charge < -0.3 is 14.5 Å². The zero-order valence-electron chi connectivity index (χ0n) is 16.7. The maximum atomic E-state index is 13.5. The van der Waals surface area contributed by atoms with Crippen molar-refractivity contribution in [2.24, 2.45) is 0 Å². The molecule has 2 aromatic heterocycles. The third-order valence-corrected chi connectivity index (χ3v) is 6.23. The van der Waals surface area contributed by atoms with Crippen molar-refractivity contribution < 1.29 is 18.7 Å². The van der Waals surface area contributed by atoms with Crippen LogP contribution in [0.3, 0.4) is 0 Å². The molecule has 1 aromatic carbocycles. The average molecular weight is 425 g/mol. The predicted octanol–water partition coefficient (Wildman–Crippen LogP) is 4.80. The van der Waals surface area contributed by atoms with Crippen LogP contribution >= 0.6 is 11.3 Å². The molecule has 2 heterocycles. The number of amides is 2. The Balaban J connectivity index is 1.77. The van der Waals surface area contributed by atoms with Crippen LogP contribution in [0.4, 0.5) is 5.69 Å². The Labute approximate surface area is 179 Å². The minimum absolute atomic E-state index is 0.144. The van der Waals surface area contributed by atoms with Crippen LogP contribution < -0.4 is 15.0 Å². The Kier molecular flexibility index (Phi) is 6.18. The van der Waals surface area contributed by atoms with Crippen molar-refractivity contribution in [1.82, 2.24) is 5.32 Å². The molecule has 1 N–H and O–H groups in total. The van der Waals surface area contributed by atoms with Gasteiger partial charge in [0.2, 0.25) is 5.91 Å².